The molecule has 0 saturated carbocycles. The maximum atomic E-state index is 2.36. The monoisotopic (exact) mass is 401 g/mol. The van der Waals surface area contributed by atoms with Crippen molar-refractivity contribution in [1.82, 2.24) is 0 Å². The first-order chi connectivity index (χ1) is 10.1. The Kier molecular flexibility index (Phi) is 7.37. The van der Waals surface area contributed by atoms with Gasteiger partial charge in [-0.3, -0.25) is 0 Å². The van der Waals surface area contributed by atoms with E-state index in [1.54, 1.807) is 0 Å². The van der Waals surface area contributed by atoms with Crippen molar-refractivity contribution in [3.05, 3.63) is 87.4 Å². The van der Waals surface area contributed by atoms with Crippen molar-refractivity contribution in [3.8, 4) is 0 Å². The minimum Gasteiger partial charge on any atom is -0.147 e. The van der Waals surface area contributed by atoms with Crippen molar-refractivity contribution in [2.45, 2.75) is 40.5 Å². The minimum absolute atomic E-state index is 0. The molecule has 0 aromatic heterocycles. The normalized spacial score (nSPS) is 16.7. The molecule has 0 saturated heterocycles. The fourth-order valence-corrected chi connectivity index (χ4v) is 3.31. The maximum absolute atomic E-state index is 2.36. The van der Waals surface area contributed by atoms with Gasteiger partial charge < -0.3 is 0 Å². The molecule has 1 aromatic carbocycles. The van der Waals surface area contributed by atoms with Crippen LogP contribution in [0.4, 0.5) is 0 Å². The number of allylic oxidation sites excluding steroid dienone is 8. The summed E-state index contributed by atoms with van der Waals surface area (Å²) >= 11 is 0. The van der Waals surface area contributed by atoms with Gasteiger partial charge in [-0.2, -0.15) is 0 Å². The Balaban J connectivity index is 0.00000132. The molecule has 0 amide bonds. The Bertz CT molecular complexity index is 648. The predicted molar refractivity (Wildman–Crippen MR) is 98.2 cm³/mol. The van der Waals surface area contributed by atoms with Crippen LogP contribution in [0.1, 0.15) is 46.1 Å². The molecule has 0 fully saturated rings. The molecule has 0 aliphatic heterocycles. The van der Waals surface area contributed by atoms with E-state index in [1.807, 2.05) is 0 Å². The van der Waals surface area contributed by atoms with Crippen LogP contribution in [0, 0.1) is 5.92 Å². The van der Waals surface area contributed by atoms with Crippen molar-refractivity contribution in [1.29, 1.82) is 0 Å². The zero-order chi connectivity index (χ0) is 15.0. The third-order valence-corrected chi connectivity index (χ3v) is 4.98. The molecule has 0 nitrogen and oxygen atoms in total. The molecule has 2 heteroatoms. The molecule has 1 aromatic rings. The molecular formula is C21H24ClZr-. The van der Waals surface area contributed by atoms with Gasteiger partial charge in [-0.05, 0) is 26.7 Å². The molecule has 0 heterocycles. The van der Waals surface area contributed by atoms with Gasteiger partial charge in [0.25, 0.3) is 0 Å². The average Bonchev–Trinajstić information content (AvgIpc) is 2.99. The fourth-order valence-electron chi connectivity index (χ4n) is 3.31. The van der Waals surface area contributed by atoms with Crippen LogP contribution < -0.4 is 0 Å². The van der Waals surface area contributed by atoms with Crippen molar-refractivity contribution in [2.24, 2.45) is 0 Å². The maximum Gasteiger partial charge on any atom is 0 e. The molecule has 0 spiro atoms. The van der Waals surface area contributed by atoms with Crippen LogP contribution in [0.2, 0.25) is 0 Å². The first-order valence-electron chi connectivity index (χ1n) is 7.76. The van der Waals surface area contributed by atoms with E-state index >= 15 is 0 Å². The Morgan fingerprint density at radius 3 is 1.52 bits per heavy atom. The van der Waals surface area contributed by atoms with Gasteiger partial charge in [0.1, 0.15) is 0 Å². The van der Waals surface area contributed by atoms with E-state index < -0.39 is 0 Å². The molecule has 120 valence electrons. The molecule has 0 radical (unpaired) electrons. The van der Waals surface area contributed by atoms with Gasteiger partial charge in [0.2, 0.25) is 0 Å². The second-order valence-electron chi connectivity index (χ2n) is 6.13. The van der Waals surface area contributed by atoms with Gasteiger partial charge in [-0.1, -0.05) is 72.4 Å². The van der Waals surface area contributed by atoms with Crippen LogP contribution >= 0.6 is 12.4 Å². The van der Waals surface area contributed by atoms with Gasteiger partial charge >= 0.3 is 0 Å². The quantitative estimate of drug-likeness (QED) is 0.516. The molecule has 0 bridgehead atoms. The Hall–Kier alpha value is -0.777. The van der Waals surface area contributed by atoms with Gasteiger partial charge in [0.05, 0.1) is 0 Å². The Labute approximate surface area is 166 Å². The number of hydrogen-bond donors (Lipinski definition) is 0. The van der Waals surface area contributed by atoms with Gasteiger partial charge in [0, 0.05) is 26.2 Å². The van der Waals surface area contributed by atoms with E-state index in [0.717, 1.165) is 12.8 Å². The predicted octanol–water partition coefficient (Wildman–Crippen LogP) is 6.36. The van der Waals surface area contributed by atoms with E-state index in [2.05, 4.69) is 70.2 Å². The summed E-state index contributed by atoms with van der Waals surface area (Å²) in [5.41, 5.74) is 10.1. The van der Waals surface area contributed by atoms with Gasteiger partial charge in [0.15, 0.2) is 0 Å². The zero-order valence-corrected chi connectivity index (χ0v) is 17.6. The van der Waals surface area contributed by atoms with Crippen molar-refractivity contribution in [3.63, 3.8) is 0 Å². The van der Waals surface area contributed by atoms with Crippen LogP contribution in [0.5, 0.6) is 0 Å². The zero-order valence-electron chi connectivity index (χ0n) is 14.4. The second-order valence-corrected chi connectivity index (χ2v) is 6.13. The SMILES string of the molecule is CC1=CCC([C-](C2=C(C)C(C)=CC2)c2ccccc2)=C1C.Cl.[Zr]. The summed E-state index contributed by atoms with van der Waals surface area (Å²) in [6.45, 7) is 8.99. The van der Waals surface area contributed by atoms with E-state index in [4.69, 9.17) is 0 Å². The topological polar surface area (TPSA) is 0 Å². The van der Waals surface area contributed by atoms with Crippen molar-refractivity contribution < 1.29 is 26.2 Å². The van der Waals surface area contributed by atoms with Crippen molar-refractivity contribution >= 4 is 12.4 Å². The first kappa shape index (κ1) is 20.3. The van der Waals surface area contributed by atoms with Crippen LogP contribution in [0.25, 0.3) is 0 Å². The molecule has 0 unspecified atom stereocenters. The minimum atomic E-state index is 0. The fraction of sp³-hybridized carbons (Fsp3) is 0.286. The van der Waals surface area contributed by atoms with E-state index in [1.165, 1.54) is 44.9 Å². The largest absolute Gasteiger partial charge is 0.147 e. The number of halogens is 1. The molecule has 2 aliphatic rings. The Morgan fingerprint density at radius 2 is 1.17 bits per heavy atom. The summed E-state index contributed by atoms with van der Waals surface area (Å²) in [6, 6.07) is 10.9. The number of benzene rings is 1. The molecule has 23 heavy (non-hydrogen) atoms. The third-order valence-electron chi connectivity index (χ3n) is 4.98. The van der Waals surface area contributed by atoms with Gasteiger partial charge in [-0.25, -0.2) is 0 Å². The summed E-state index contributed by atoms with van der Waals surface area (Å²) in [7, 11) is 0. The van der Waals surface area contributed by atoms with Crippen LogP contribution in [-0.4, -0.2) is 0 Å². The summed E-state index contributed by atoms with van der Waals surface area (Å²) in [6.07, 6.45) is 6.85. The Morgan fingerprint density at radius 1 is 0.739 bits per heavy atom. The van der Waals surface area contributed by atoms with Crippen molar-refractivity contribution in [2.75, 3.05) is 0 Å². The van der Waals surface area contributed by atoms with E-state index in [0.29, 0.717) is 0 Å². The molecule has 0 N–H and O–H groups in total. The first-order valence-corrected chi connectivity index (χ1v) is 7.76. The standard InChI is InChI=1S/C21H23.ClH.Zr/c1-14-10-12-19(16(14)3)21(18-8-6-5-7-9-18)20-13-11-15(2)17(20)4;;/h5-11H,12-13H2,1-4H3;1H;/q-1;;. The summed E-state index contributed by atoms with van der Waals surface area (Å²) in [5, 5.41) is 0. The van der Waals surface area contributed by atoms with E-state index in [9.17, 15) is 0 Å². The molecule has 2 aliphatic carbocycles. The average molecular weight is 403 g/mol. The van der Waals surface area contributed by atoms with Crippen LogP contribution in [-0.2, 0) is 26.2 Å². The molecule has 0 atom stereocenters. The van der Waals surface area contributed by atoms with Crippen LogP contribution in [0.15, 0.2) is 75.9 Å². The third kappa shape index (κ3) is 3.83. The van der Waals surface area contributed by atoms with Crippen LogP contribution in [0.3, 0.4) is 0 Å². The summed E-state index contributed by atoms with van der Waals surface area (Å²) < 4.78 is 0. The molecular weight excluding hydrogens is 379 g/mol. The van der Waals surface area contributed by atoms with Gasteiger partial charge in [-0.15, -0.1) is 41.2 Å². The number of hydrogen-bond acceptors (Lipinski definition) is 0. The summed E-state index contributed by atoms with van der Waals surface area (Å²) in [4.78, 5) is 0. The smallest absolute Gasteiger partial charge is 0 e. The van der Waals surface area contributed by atoms with E-state index in [-0.39, 0.29) is 38.6 Å². The summed E-state index contributed by atoms with van der Waals surface area (Å²) in [5.74, 6) is 1.46. The molecule has 3 rings (SSSR count). The second kappa shape index (κ2) is 8.36. The number of rotatable bonds is 3.